The number of hydrogen-bond acceptors (Lipinski definition) is 3. The van der Waals surface area contributed by atoms with Gasteiger partial charge in [0.1, 0.15) is 10.1 Å². The van der Waals surface area contributed by atoms with Crippen molar-refractivity contribution in [1.82, 2.24) is 0 Å². The van der Waals surface area contributed by atoms with Crippen LogP contribution in [0, 0.1) is 0 Å². The van der Waals surface area contributed by atoms with Gasteiger partial charge in [0, 0.05) is 0 Å². The van der Waals surface area contributed by atoms with Crippen molar-refractivity contribution in [3.63, 3.8) is 0 Å². The van der Waals surface area contributed by atoms with Crippen molar-refractivity contribution < 1.29 is 49.4 Å². The van der Waals surface area contributed by atoms with E-state index in [2.05, 4.69) is 0 Å². The largest absolute Gasteiger partial charge is 1.00 e. The SMILES string of the molecule is O=S(=O)([O-])C(F)C(F)(F)F.[Li+]. The van der Waals surface area contributed by atoms with E-state index in [1.165, 1.54) is 0 Å². The normalized spacial score (nSPS) is 15.4. The molecule has 3 nitrogen and oxygen atoms in total. The van der Waals surface area contributed by atoms with Crippen LogP contribution in [-0.2, 0) is 10.1 Å². The minimum Gasteiger partial charge on any atom is -0.745 e. The number of halogens is 4. The van der Waals surface area contributed by atoms with Gasteiger partial charge in [-0.15, -0.1) is 0 Å². The monoisotopic (exact) mass is 188 g/mol. The third kappa shape index (κ3) is 4.63. The molecule has 0 aromatic heterocycles. The van der Waals surface area contributed by atoms with E-state index in [4.69, 9.17) is 0 Å². The summed E-state index contributed by atoms with van der Waals surface area (Å²) in [6.07, 6.45) is -5.62. The number of hydrogen-bond donors (Lipinski definition) is 0. The maximum Gasteiger partial charge on any atom is 1.00 e. The van der Waals surface area contributed by atoms with Crippen molar-refractivity contribution in [3.05, 3.63) is 0 Å². The van der Waals surface area contributed by atoms with Crippen LogP contribution < -0.4 is 18.9 Å². The van der Waals surface area contributed by atoms with Gasteiger partial charge in [0.15, 0.2) is 0 Å². The summed E-state index contributed by atoms with van der Waals surface area (Å²) in [5, 5.41) is 0. The van der Waals surface area contributed by atoms with Crippen LogP contribution >= 0.6 is 0 Å². The van der Waals surface area contributed by atoms with E-state index in [9.17, 15) is 30.5 Å². The molecule has 11 heavy (non-hydrogen) atoms. The van der Waals surface area contributed by atoms with E-state index >= 15 is 0 Å². The molecule has 0 fully saturated rings. The van der Waals surface area contributed by atoms with Gasteiger partial charge in [0.25, 0.3) is 5.50 Å². The number of alkyl halides is 4. The van der Waals surface area contributed by atoms with Crippen LogP contribution in [-0.4, -0.2) is 24.7 Å². The van der Waals surface area contributed by atoms with Crippen LogP contribution in [0.25, 0.3) is 0 Å². The molecule has 62 valence electrons. The second-order valence-electron chi connectivity index (χ2n) is 1.35. The molecule has 9 heteroatoms. The molecular formula is C2HF4LiO3S. The van der Waals surface area contributed by atoms with Gasteiger partial charge in [0.05, 0.1) is 0 Å². The fraction of sp³-hybridized carbons (Fsp3) is 1.00. The van der Waals surface area contributed by atoms with E-state index in [-0.39, 0.29) is 18.9 Å². The minimum atomic E-state index is -5.90. The topological polar surface area (TPSA) is 57.2 Å². The molecule has 0 amide bonds. The Morgan fingerprint density at radius 2 is 1.55 bits per heavy atom. The molecule has 0 aromatic carbocycles. The molecule has 0 aliphatic heterocycles. The molecule has 0 bridgehead atoms. The summed E-state index contributed by atoms with van der Waals surface area (Å²) in [7, 11) is -5.90. The van der Waals surface area contributed by atoms with E-state index in [0.29, 0.717) is 0 Å². The fourth-order valence-corrected chi connectivity index (χ4v) is 0.491. The first kappa shape index (κ1) is 13.8. The molecule has 0 spiro atoms. The Morgan fingerprint density at radius 3 is 1.55 bits per heavy atom. The van der Waals surface area contributed by atoms with Gasteiger partial charge in [-0.25, -0.2) is 12.8 Å². The molecule has 0 radical (unpaired) electrons. The van der Waals surface area contributed by atoms with E-state index in [0.717, 1.165) is 0 Å². The first-order valence-electron chi connectivity index (χ1n) is 1.81. The van der Waals surface area contributed by atoms with Crippen LogP contribution in [0.15, 0.2) is 0 Å². The van der Waals surface area contributed by atoms with Crippen LogP contribution in [0.5, 0.6) is 0 Å². The van der Waals surface area contributed by atoms with Crippen molar-refractivity contribution >= 4 is 10.1 Å². The van der Waals surface area contributed by atoms with Crippen LogP contribution in [0.3, 0.4) is 0 Å². The smallest absolute Gasteiger partial charge is 0.745 e. The zero-order valence-electron chi connectivity index (χ0n) is 5.22. The average molecular weight is 188 g/mol. The molecule has 0 N–H and O–H groups in total. The summed E-state index contributed by atoms with van der Waals surface area (Å²) < 4.78 is 72.3. The maximum atomic E-state index is 11.4. The van der Waals surface area contributed by atoms with Crippen LogP contribution in [0.2, 0.25) is 0 Å². The molecule has 1 atom stereocenters. The summed E-state index contributed by atoms with van der Waals surface area (Å²) in [5.41, 5.74) is -4.32. The summed E-state index contributed by atoms with van der Waals surface area (Å²) in [6, 6.07) is 0. The first-order chi connectivity index (χ1) is 4.15. The van der Waals surface area contributed by atoms with Crippen molar-refractivity contribution in [2.45, 2.75) is 11.7 Å². The molecule has 0 saturated carbocycles. The molecule has 0 aliphatic carbocycles. The van der Waals surface area contributed by atoms with Crippen molar-refractivity contribution in [2.24, 2.45) is 0 Å². The Morgan fingerprint density at radius 1 is 1.27 bits per heavy atom. The van der Waals surface area contributed by atoms with Crippen LogP contribution in [0.4, 0.5) is 17.6 Å². The summed E-state index contributed by atoms with van der Waals surface area (Å²) in [4.78, 5) is 0. The van der Waals surface area contributed by atoms with Gasteiger partial charge in [-0.2, -0.15) is 13.2 Å². The van der Waals surface area contributed by atoms with E-state index in [1.54, 1.807) is 0 Å². The Balaban J connectivity index is 0. The fourth-order valence-electron chi connectivity index (χ4n) is 0.164. The van der Waals surface area contributed by atoms with Gasteiger partial charge < -0.3 is 4.55 Å². The van der Waals surface area contributed by atoms with Crippen molar-refractivity contribution in [3.8, 4) is 0 Å². The maximum absolute atomic E-state index is 11.4. The third-order valence-corrected chi connectivity index (χ3v) is 1.28. The van der Waals surface area contributed by atoms with E-state index in [1.807, 2.05) is 0 Å². The van der Waals surface area contributed by atoms with Gasteiger partial charge in [0.2, 0.25) is 0 Å². The van der Waals surface area contributed by atoms with Gasteiger partial charge in [-0.1, -0.05) is 0 Å². The molecule has 1 unspecified atom stereocenters. The quantitative estimate of drug-likeness (QED) is 0.257. The summed E-state index contributed by atoms with van der Waals surface area (Å²) in [5.74, 6) is 0. The van der Waals surface area contributed by atoms with Gasteiger partial charge in [-0.05, 0) is 0 Å². The van der Waals surface area contributed by atoms with Gasteiger partial charge >= 0.3 is 25.0 Å². The van der Waals surface area contributed by atoms with Crippen molar-refractivity contribution in [2.75, 3.05) is 0 Å². The Bertz CT molecular complexity index is 208. The predicted molar refractivity (Wildman–Crippen MR) is 20.6 cm³/mol. The first-order valence-corrected chi connectivity index (χ1v) is 3.28. The third-order valence-electron chi connectivity index (χ3n) is 0.511. The standard InChI is InChI=1S/C2H2F4O3S.Li/c3-1(2(4,5)6)10(7,8)9;/h1H,(H,7,8,9);/q;+1/p-1. The Hall–Kier alpha value is 0.227. The predicted octanol–water partition coefficient (Wildman–Crippen LogP) is -2.61. The Labute approximate surface area is 71.7 Å². The summed E-state index contributed by atoms with van der Waals surface area (Å²) in [6.45, 7) is 0. The molecule has 0 heterocycles. The Kier molecular flexibility index (Phi) is 4.71. The van der Waals surface area contributed by atoms with Crippen molar-refractivity contribution in [1.29, 1.82) is 0 Å². The van der Waals surface area contributed by atoms with Gasteiger partial charge in [-0.3, -0.25) is 0 Å². The minimum absolute atomic E-state index is 0. The zero-order valence-corrected chi connectivity index (χ0v) is 6.04. The second kappa shape index (κ2) is 3.76. The second-order valence-corrected chi connectivity index (χ2v) is 2.75. The van der Waals surface area contributed by atoms with E-state index < -0.39 is 21.8 Å². The molecule has 0 rings (SSSR count). The average Bonchev–Trinajstić information content (AvgIpc) is 1.59. The molecule has 0 aliphatic rings. The summed E-state index contributed by atoms with van der Waals surface area (Å²) >= 11 is 0. The number of rotatable bonds is 1. The molecular weight excluding hydrogens is 187 g/mol. The molecule has 0 aromatic rings. The van der Waals surface area contributed by atoms with Crippen LogP contribution in [0.1, 0.15) is 0 Å². The molecule has 0 saturated heterocycles. The zero-order chi connectivity index (χ0) is 8.58.